The number of anilines is 1. The molecule has 2 heterocycles. The maximum absolute atomic E-state index is 13.0. The summed E-state index contributed by atoms with van der Waals surface area (Å²) >= 11 is 13.3. The second-order valence-corrected chi connectivity index (χ2v) is 12.6. The van der Waals surface area contributed by atoms with Crippen LogP contribution in [0.4, 0.5) is 11.4 Å². The minimum Gasteiger partial charge on any atom is -0.691 e. The van der Waals surface area contributed by atoms with Gasteiger partial charge in [-0.05, 0) is 54.6 Å². The molecule has 0 unspecified atom stereocenters. The molecule has 1 amide bonds. The third-order valence-electron chi connectivity index (χ3n) is 6.03. The van der Waals surface area contributed by atoms with E-state index in [1.807, 2.05) is 20.8 Å². The number of aromatic nitrogens is 3. The molecular formula is C27H20Cl2N6Na2O8S2. The Labute approximate surface area is 330 Å². The zero-order chi connectivity index (χ0) is 32.3. The van der Waals surface area contributed by atoms with Gasteiger partial charge in [-0.1, -0.05) is 44.0 Å². The van der Waals surface area contributed by atoms with E-state index in [-0.39, 0.29) is 80.5 Å². The van der Waals surface area contributed by atoms with Crippen LogP contribution in [0.5, 0.6) is 5.75 Å². The predicted molar refractivity (Wildman–Crippen MR) is 163 cm³/mol. The average Bonchev–Trinajstić information content (AvgIpc) is 3.57. The summed E-state index contributed by atoms with van der Waals surface area (Å²) in [5.74, 6) is 0.0239. The van der Waals surface area contributed by atoms with Crippen LogP contribution in [0.15, 0.2) is 74.5 Å². The third-order valence-corrected chi connectivity index (χ3v) is 7.71. The Morgan fingerprint density at radius 1 is 0.957 bits per heavy atom. The number of amides is 1. The molecule has 1 aromatic heterocycles. The van der Waals surface area contributed by atoms with Crippen LogP contribution >= 0.6 is 47.3 Å². The molecule has 0 atom stereocenters. The maximum atomic E-state index is 13.0. The van der Waals surface area contributed by atoms with Gasteiger partial charge in [0, 0.05) is 32.0 Å². The molecule has 47 heavy (non-hydrogen) atoms. The Balaban J connectivity index is 0.00000300. The summed E-state index contributed by atoms with van der Waals surface area (Å²) in [6.45, 7) is 5.95. The summed E-state index contributed by atoms with van der Waals surface area (Å²) in [5, 5.41) is 49.1. The van der Waals surface area contributed by atoms with Gasteiger partial charge in [-0.3, -0.25) is 14.9 Å². The molecule has 0 spiro atoms. The van der Waals surface area contributed by atoms with Crippen molar-refractivity contribution < 1.29 is 98.3 Å². The van der Waals surface area contributed by atoms with Crippen LogP contribution in [-0.4, -0.2) is 37.3 Å². The van der Waals surface area contributed by atoms with Crippen molar-refractivity contribution in [1.29, 1.82) is 0 Å². The van der Waals surface area contributed by atoms with Gasteiger partial charge >= 0.3 is 59.1 Å². The Morgan fingerprint density at radius 2 is 1.53 bits per heavy atom. The first kappa shape index (κ1) is 39.9. The van der Waals surface area contributed by atoms with Crippen molar-refractivity contribution in [3.8, 4) is 17.1 Å². The van der Waals surface area contributed by atoms with E-state index in [1.54, 1.807) is 24.3 Å². The van der Waals surface area contributed by atoms with Crippen LogP contribution in [0.2, 0.25) is 10.0 Å². The molecular weight excluding hydrogens is 717 g/mol. The zero-order valence-corrected chi connectivity index (χ0v) is 32.5. The van der Waals surface area contributed by atoms with Crippen molar-refractivity contribution in [2.24, 2.45) is 15.5 Å². The molecule has 2 N–H and O–H groups in total. The monoisotopic (exact) mass is 736 g/mol. The molecule has 1 aliphatic rings. The molecule has 0 fully saturated rings. The van der Waals surface area contributed by atoms with E-state index in [1.165, 1.54) is 35.1 Å². The molecule has 14 nitrogen and oxygen atoms in total. The van der Waals surface area contributed by atoms with E-state index in [0.717, 1.165) is 0 Å². The second-order valence-electron chi connectivity index (χ2n) is 10.2. The summed E-state index contributed by atoms with van der Waals surface area (Å²) < 4.78 is 8.64. The minimum atomic E-state index is -0.503. The Kier molecular flexibility index (Phi) is 14.8. The van der Waals surface area contributed by atoms with Crippen LogP contribution in [0.1, 0.15) is 37.0 Å². The number of rotatable bonds is 10. The zero-order valence-electron chi connectivity index (χ0n) is 25.3. The molecule has 3 aromatic carbocycles. The van der Waals surface area contributed by atoms with Gasteiger partial charge < -0.3 is 20.9 Å². The van der Waals surface area contributed by atoms with Crippen LogP contribution in [0.25, 0.3) is 11.4 Å². The fraction of sp³-hybridized carbons (Fsp3) is 0.148. The van der Waals surface area contributed by atoms with Crippen molar-refractivity contribution in [3.05, 3.63) is 76.0 Å². The number of carbonyl (C=O) groups excluding carboxylic acids is 1. The van der Waals surface area contributed by atoms with Gasteiger partial charge in [0.2, 0.25) is 5.82 Å². The molecule has 4 aromatic rings. The second kappa shape index (κ2) is 17.4. The fourth-order valence-corrected chi connectivity index (χ4v) is 5.52. The number of hydrogen-bond acceptors (Lipinski definition) is 14. The number of nitrogens with one attached hydrogen (secondary N) is 1. The van der Waals surface area contributed by atoms with Crippen LogP contribution in [-0.2, 0) is 18.7 Å². The number of phenolic OH excluding ortho intramolecular Hbond substituents is 1. The number of carbonyl (C=O) groups is 1. The van der Waals surface area contributed by atoms with Crippen LogP contribution in [0.3, 0.4) is 0 Å². The van der Waals surface area contributed by atoms with E-state index in [4.69, 9.17) is 28.2 Å². The van der Waals surface area contributed by atoms with Crippen molar-refractivity contribution >= 4 is 76.0 Å². The number of fused-ring (bicyclic) bond motifs is 1. The van der Waals surface area contributed by atoms with Crippen LogP contribution < -0.4 is 74.9 Å². The quantitative estimate of drug-likeness (QED) is 0.0883. The predicted octanol–water partition coefficient (Wildman–Crippen LogP) is -0.936. The summed E-state index contributed by atoms with van der Waals surface area (Å²) in [5.41, 5.74) is 2.37. The molecule has 0 bridgehead atoms. The molecule has 0 saturated carbocycles. The van der Waals surface area contributed by atoms with E-state index < -0.39 is 11.3 Å². The molecule has 0 saturated heterocycles. The van der Waals surface area contributed by atoms with Crippen molar-refractivity contribution in [2.75, 3.05) is 5.32 Å². The number of nitrogens with zero attached hydrogens (tertiary/aromatic N) is 5. The SMILES string of the molecule is CC(C)(C)C1=Nn2nc(-c3ccc(NC(=O)c4cc(SOO[O-])cc(SOO[O-])c4)cc3)nc2C1=Nc1cc(Cl)c(O)c(Cl)c1.[Na+].[Na+]. The van der Waals surface area contributed by atoms with E-state index in [0.29, 0.717) is 73.9 Å². The number of halogens is 2. The maximum Gasteiger partial charge on any atom is 1.00 e. The van der Waals surface area contributed by atoms with Crippen molar-refractivity contribution in [2.45, 2.75) is 30.6 Å². The van der Waals surface area contributed by atoms with Gasteiger partial charge in [0.05, 0.1) is 45.5 Å². The topological polar surface area (TPSA) is 188 Å². The van der Waals surface area contributed by atoms with E-state index in [9.17, 15) is 20.4 Å². The number of hydrogen-bond donors (Lipinski definition) is 2. The summed E-state index contributed by atoms with van der Waals surface area (Å²) in [7, 11) is 0. The molecule has 0 aliphatic carbocycles. The first-order valence-electron chi connectivity index (χ1n) is 12.6. The third kappa shape index (κ3) is 9.79. The molecule has 20 heteroatoms. The molecule has 0 radical (unpaired) electrons. The van der Waals surface area contributed by atoms with Gasteiger partial charge in [-0.15, -0.1) is 9.89 Å². The average molecular weight is 738 g/mol. The molecule has 234 valence electrons. The van der Waals surface area contributed by atoms with E-state index in [2.05, 4.69) is 39.2 Å². The number of benzene rings is 3. The summed E-state index contributed by atoms with van der Waals surface area (Å²) in [6, 6.07) is 14.1. The van der Waals surface area contributed by atoms with Gasteiger partial charge in [0.1, 0.15) is 5.71 Å². The first-order chi connectivity index (χ1) is 21.5. The van der Waals surface area contributed by atoms with Crippen molar-refractivity contribution in [1.82, 2.24) is 14.9 Å². The fourth-order valence-electron chi connectivity index (χ4n) is 4.06. The Morgan fingerprint density at radius 3 is 2.06 bits per heavy atom. The Hall–Kier alpha value is -1.55. The largest absolute Gasteiger partial charge is 1.00 e. The number of aliphatic imine (C=N–C) groups is 1. The molecule has 5 rings (SSSR count). The number of aromatic hydroxyl groups is 1. The van der Waals surface area contributed by atoms with Gasteiger partial charge in [-0.25, -0.2) is 9.98 Å². The minimum absolute atomic E-state index is 0. The van der Waals surface area contributed by atoms with Crippen LogP contribution in [0, 0.1) is 5.41 Å². The normalized spacial score (nSPS) is 13.1. The van der Waals surface area contributed by atoms with E-state index >= 15 is 0 Å². The molecule has 1 aliphatic heterocycles. The summed E-state index contributed by atoms with van der Waals surface area (Å²) in [4.78, 5) is 24.4. The number of phenols is 1. The standard InChI is InChI=1S/C27H22Cl2N6O8S2.2Na/c1-27(2,3)23-21(30-16-10-19(28)22(36)20(29)11-16)25-32-24(34-35(25)33-23)13-4-6-15(7-5-13)31-26(37)14-8-17(44-42-40-38)12-18(9-14)45-43-41-39;;/h4-12,36,38-39H,1-3H3,(H,31,37);;/q;2*+1/p-2. The van der Waals surface area contributed by atoms with Gasteiger partial charge in [-0.2, -0.15) is 13.8 Å². The first-order valence-corrected chi connectivity index (χ1v) is 14.9. The smallest absolute Gasteiger partial charge is 0.691 e. The van der Waals surface area contributed by atoms with Gasteiger partial charge in [0.25, 0.3) is 5.91 Å². The summed E-state index contributed by atoms with van der Waals surface area (Å²) in [6.07, 6.45) is 0. The Bertz CT molecular complexity index is 1770. The van der Waals surface area contributed by atoms with Gasteiger partial charge in [0.15, 0.2) is 11.6 Å². The van der Waals surface area contributed by atoms with Crippen molar-refractivity contribution in [3.63, 3.8) is 0 Å².